The van der Waals surface area contributed by atoms with Crippen molar-refractivity contribution in [1.82, 2.24) is 4.57 Å². The minimum Gasteiger partial charge on any atom is -0.350 e. The molecule has 2 rings (SSSR count). The highest BCUT2D eigenvalue weighted by molar-refractivity contribution is 6.31. The number of aromatic nitrogens is 1. The van der Waals surface area contributed by atoms with Crippen LogP contribution in [0.15, 0.2) is 24.4 Å². The summed E-state index contributed by atoms with van der Waals surface area (Å²) in [7, 11) is 1.66. The zero-order chi connectivity index (χ0) is 13.5. The second kappa shape index (κ2) is 4.31. The lowest BCUT2D eigenvalue weighted by molar-refractivity contribution is -0.125. The van der Waals surface area contributed by atoms with Gasteiger partial charge in [0.05, 0.1) is 0 Å². The van der Waals surface area contributed by atoms with Crippen molar-refractivity contribution in [2.75, 3.05) is 0 Å². The van der Waals surface area contributed by atoms with Crippen LogP contribution >= 0.6 is 11.6 Å². The smallest absolute Gasteiger partial charge is 0.350 e. The van der Waals surface area contributed by atoms with Gasteiger partial charge in [0.2, 0.25) is 0 Å². The van der Waals surface area contributed by atoms with Crippen LogP contribution in [0.3, 0.4) is 0 Å². The highest BCUT2D eigenvalue weighted by Crippen LogP contribution is 2.28. The van der Waals surface area contributed by atoms with Crippen molar-refractivity contribution in [1.29, 1.82) is 0 Å². The molecule has 0 atom stereocenters. The summed E-state index contributed by atoms with van der Waals surface area (Å²) in [5, 5.41) is 0.953. The molecule has 0 amide bonds. The van der Waals surface area contributed by atoms with Crippen LogP contribution in [0.25, 0.3) is 10.9 Å². The van der Waals surface area contributed by atoms with Crippen molar-refractivity contribution < 1.29 is 18.0 Å². The van der Waals surface area contributed by atoms with E-state index in [-0.39, 0.29) is 5.56 Å². The molecule has 0 fully saturated rings. The molecule has 0 unspecified atom stereocenters. The number of nitrogens with zero attached hydrogens (tertiary/aromatic N) is 1. The van der Waals surface area contributed by atoms with Gasteiger partial charge in [-0.15, -0.1) is 0 Å². The van der Waals surface area contributed by atoms with Gasteiger partial charge in [0.15, 0.2) is 5.78 Å². The Bertz CT molecular complexity index is 616. The number of benzene rings is 1. The van der Waals surface area contributed by atoms with Gasteiger partial charge >= 0.3 is 6.18 Å². The van der Waals surface area contributed by atoms with Crippen molar-refractivity contribution in [3.63, 3.8) is 0 Å². The molecule has 2 nitrogen and oxygen atoms in total. The number of carbonyl (C=O) groups is 1. The first kappa shape index (κ1) is 13.0. The number of ketones is 1. The van der Waals surface area contributed by atoms with Gasteiger partial charge in [-0.1, -0.05) is 17.7 Å². The molecule has 2 aromatic rings. The van der Waals surface area contributed by atoms with E-state index in [0.717, 1.165) is 0 Å². The summed E-state index contributed by atoms with van der Waals surface area (Å²) >= 11 is 5.81. The lowest BCUT2D eigenvalue weighted by atomic mass is 10.1. The molecule has 0 N–H and O–H groups in total. The lowest BCUT2D eigenvalue weighted by Crippen LogP contribution is -2.14. The number of alkyl halides is 3. The van der Waals surface area contributed by atoms with Crippen molar-refractivity contribution in [2.24, 2.45) is 7.05 Å². The van der Waals surface area contributed by atoms with Crippen molar-refractivity contribution in [2.45, 2.75) is 12.6 Å². The zero-order valence-electron chi connectivity index (χ0n) is 9.38. The number of hydrogen-bond acceptors (Lipinski definition) is 1. The molecule has 18 heavy (non-hydrogen) atoms. The van der Waals surface area contributed by atoms with E-state index in [1.165, 1.54) is 6.20 Å². The van der Waals surface area contributed by atoms with Gasteiger partial charge in [-0.2, -0.15) is 13.2 Å². The summed E-state index contributed by atoms with van der Waals surface area (Å²) in [6.45, 7) is 0. The first-order valence-electron chi connectivity index (χ1n) is 5.12. The maximum atomic E-state index is 12.2. The molecule has 0 bridgehead atoms. The van der Waals surface area contributed by atoms with E-state index in [1.54, 1.807) is 29.8 Å². The second-order valence-electron chi connectivity index (χ2n) is 4.03. The summed E-state index contributed by atoms with van der Waals surface area (Å²) in [5.74, 6) is -0.935. The van der Waals surface area contributed by atoms with Crippen LogP contribution in [-0.4, -0.2) is 16.5 Å². The van der Waals surface area contributed by atoms with Gasteiger partial charge in [-0.25, -0.2) is 0 Å². The third-order valence-electron chi connectivity index (χ3n) is 2.61. The van der Waals surface area contributed by atoms with Gasteiger partial charge in [0, 0.05) is 34.7 Å². The Balaban J connectivity index is 2.49. The lowest BCUT2D eigenvalue weighted by Gasteiger charge is -2.04. The average Bonchev–Trinajstić information content (AvgIpc) is 2.54. The van der Waals surface area contributed by atoms with Crippen LogP contribution < -0.4 is 0 Å². The highest BCUT2D eigenvalue weighted by Gasteiger charge is 2.32. The van der Waals surface area contributed by atoms with Crippen LogP contribution in [-0.2, 0) is 7.05 Å². The topological polar surface area (TPSA) is 22.0 Å². The van der Waals surface area contributed by atoms with Crippen LogP contribution in [0.2, 0.25) is 5.02 Å². The molecular weight excluding hydrogens is 267 g/mol. The van der Waals surface area contributed by atoms with E-state index in [0.29, 0.717) is 15.9 Å². The summed E-state index contributed by atoms with van der Waals surface area (Å²) < 4.78 is 38.2. The van der Waals surface area contributed by atoms with Gasteiger partial charge in [0.25, 0.3) is 0 Å². The van der Waals surface area contributed by atoms with Crippen LogP contribution in [0.5, 0.6) is 0 Å². The minimum atomic E-state index is -4.49. The molecule has 6 heteroatoms. The molecule has 0 saturated carbocycles. The van der Waals surface area contributed by atoms with Gasteiger partial charge in [-0.3, -0.25) is 4.79 Å². The molecule has 1 aromatic heterocycles. The fourth-order valence-electron chi connectivity index (χ4n) is 1.86. The van der Waals surface area contributed by atoms with Gasteiger partial charge in [0.1, 0.15) is 6.42 Å². The number of rotatable bonds is 2. The van der Waals surface area contributed by atoms with Crippen LogP contribution in [0.4, 0.5) is 13.2 Å². The fourth-order valence-corrected chi connectivity index (χ4v) is 2.02. The number of halogens is 4. The van der Waals surface area contributed by atoms with Gasteiger partial charge < -0.3 is 4.57 Å². The number of hydrogen-bond donors (Lipinski definition) is 0. The molecule has 0 aliphatic rings. The maximum absolute atomic E-state index is 12.2. The number of aryl methyl sites for hydroxylation is 1. The molecule has 0 spiro atoms. The molecule has 1 heterocycles. The minimum absolute atomic E-state index is 0.0708. The Morgan fingerprint density at radius 2 is 2.06 bits per heavy atom. The van der Waals surface area contributed by atoms with Crippen LogP contribution in [0, 0.1) is 0 Å². The van der Waals surface area contributed by atoms with E-state index < -0.39 is 18.4 Å². The first-order valence-corrected chi connectivity index (χ1v) is 5.50. The first-order chi connectivity index (χ1) is 8.28. The van der Waals surface area contributed by atoms with Crippen LogP contribution in [0.1, 0.15) is 16.8 Å². The predicted molar refractivity (Wildman–Crippen MR) is 62.9 cm³/mol. The summed E-state index contributed by atoms with van der Waals surface area (Å²) in [4.78, 5) is 11.6. The fraction of sp³-hybridized carbons (Fsp3) is 0.250. The molecule has 1 aromatic carbocycles. The average molecular weight is 276 g/mol. The summed E-state index contributed by atoms with van der Waals surface area (Å²) in [6.07, 6.45) is -4.55. The van der Waals surface area contributed by atoms with E-state index in [1.807, 2.05) is 0 Å². The largest absolute Gasteiger partial charge is 0.396 e. The quantitative estimate of drug-likeness (QED) is 0.760. The Morgan fingerprint density at radius 3 is 2.67 bits per heavy atom. The van der Waals surface area contributed by atoms with Gasteiger partial charge in [-0.05, 0) is 12.1 Å². The number of carbonyl (C=O) groups excluding carboxylic acids is 1. The molecule has 0 aliphatic heterocycles. The Morgan fingerprint density at radius 1 is 1.39 bits per heavy atom. The monoisotopic (exact) mass is 275 g/mol. The Hall–Kier alpha value is -1.49. The molecule has 96 valence electrons. The highest BCUT2D eigenvalue weighted by atomic mass is 35.5. The molecule has 0 saturated heterocycles. The SMILES string of the molecule is Cn1cc(C(=O)CC(F)(F)F)c2ccc(Cl)cc21. The number of Topliss-reactive ketones (excluding diaryl/α,β-unsaturated/α-hetero) is 1. The van der Waals surface area contributed by atoms with E-state index in [9.17, 15) is 18.0 Å². The van der Waals surface area contributed by atoms with Crippen molar-refractivity contribution >= 4 is 28.3 Å². The molecular formula is C12H9ClF3NO. The third kappa shape index (κ3) is 2.51. The standard InChI is InChI=1S/C12H9ClF3NO/c1-17-6-9(11(18)5-12(14,15)16)8-3-2-7(13)4-10(8)17/h2-4,6H,5H2,1H3. The predicted octanol–water partition coefficient (Wildman–Crippen LogP) is 3.97. The van der Waals surface area contributed by atoms with E-state index >= 15 is 0 Å². The number of fused-ring (bicyclic) bond motifs is 1. The third-order valence-corrected chi connectivity index (χ3v) is 2.85. The Labute approximate surface area is 106 Å². The maximum Gasteiger partial charge on any atom is 0.396 e. The van der Waals surface area contributed by atoms with E-state index in [2.05, 4.69) is 0 Å². The Kier molecular flexibility index (Phi) is 3.11. The summed E-state index contributed by atoms with van der Waals surface area (Å²) in [6, 6.07) is 4.72. The van der Waals surface area contributed by atoms with Crippen molar-refractivity contribution in [3.8, 4) is 0 Å². The zero-order valence-corrected chi connectivity index (χ0v) is 10.1. The van der Waals surface area contributed by atoms with Crippen molar-refractivity contribution in [3.05, 3.63) is 35.0 Å². The summed E-state index contributed by atoms with van der Waals surface area (Å²) in [5.41, 5.74) is 0.703. The second-order valence-corrected chi connectivity index (χ2v) is 4.47. The normalized spacial score (nSPS) is 12.1. The van der Waals surface area contributed by atoms with E-state index in [4.69, 9.17) is 11.6 Å². The molecule has 0 radical (unpaired) electrons. The molecule has 0 aliphatic carbocycles.